The normalized spacial score (nSPS) is 15.2. The van der Waals surface area contributed by atoms with E-state index in [9.17, 15) is 0 Å². The lowest BCUT2D eigenvalue weighted by atomic mass is 9.67. The highest BCUT2D eigenvalue weighted by atomic mass is 16.3. The van der Waals surface area contributed by atoms with Crippen molar-refractivity contribution in [2.45, 2.75) is 63.2 Å². The van der Waals surface area contributed by atoms with Crippen LogP contribution in [-0.2, 0) is 21.7 Å². The lowest BCUT2D eigenvalue weighted by Crippen LogP contribution is -2.29. The fraction of sp³-hybridized carbons (Fsp3) is 0.106. The first kappa shape index (κ1) is 55.6. The molecule has 0 radical (unpaired) electrons. The molecular formula is C94H65NO3. The summed E-state index contributed by atoms with van der Waals surface area (Å²) in [5.41, 5.74) is 33.8. The molecule has 0 saturated carbocycles. The average Bonchev–Trinajstić information content (AvgIpc) is 1.51. The zero-order valence-electron chi connectivity index (χ0n) is 55.3. The summed E-state index contributed by atoms with van der Waals surface area (Å²) in [6, 6.07) is 106. The second-order valence-electron chi connectivity index (χ2n) is 29.3. The van der Waals surface area contributed by atoms with E-state index in [0.29, 0.717) is 0 Å². The highest BCUT2D eigenvalue weighted by molar-refractivity contribution is 6.23. The number of hydrogen-bond donors (Lipinski definition) is 0. The predicted molar refractivity (Wildman–Crippen MR) is 404 cm³/mol. The van der Waals surface area contributed by atoms with Crippen LogP contribution in [0.5, 0.6) is 0 Å². The second-order valence-corrected chi connectivity index (χ2v) is 29.3. The number of furan rings is 3. The summed E-state index contributed by atoms with van der Waals surface area (Å²) >= 11 is 0. The van der Waals surface area contributed by atoms with Crippen molar-refractivity contribution >= 4 is 82.9 Å². The van der Waals surface area contributed by atoms with Crippen LogP contribution in [0.25, 0.3) is 133 Å². The molecule has 0 unspecified atom stereocenters. The molecule has 4 aliphatic rings. The van der Waals surface area contributed by atoms with Crippen molar-refractivity contribution in [2.24, 2.45) is 0 Å². The molecule has 0 fully saturated rings. The van der Waals surface area contributed by atoms with Gasteiger partial charge in [-0.1, -0.05) is 260 Å². The summed E-state index contributed by atoms with van der Waals surface area (Å²) in [5, 5.41) is 6.86. The summed E-state index contributed by atoms with van der Waals surface area (Å²) in [5.74, 6) is 0. The number of anilines is 3. The summed E-state index contributed by atoms with van der Waals surface area (Å²) in [4.78, 5) is 2.58. The van der Waals surface area contributed by atoms with Crippen LogP contribution in [0.15, 0.2) is 298 Å². The predicted octanol–water partition coefficient (Wildman–Crippen LogP) is 25.5. The maximum atomic E-state index is 7.17. The van der Waals surface area contributed by atoms with Crippen LogP contribution in [0.4, 0.5) is 17.1 Å². The Morgan fingerprint density at radius 2 is 0.622 bits per heavy atom. The number of hydrogen-bond acceptors (Lipinski definition) is 4. The van der Waals surface area contributed by atoms with Crippen LogP contribution < -0.4 is 4.90 Å². The monoisotopic (exact) mass is 1260 g/mol. The van der Waals surface area contributed by atoms with Crippen LogP contribution in [0, 0.1) is 0 Å². The third kappa shape index (κ3) is 7.08. The van der Waals surface area contributed by atoms with Gasteiger partial charge in [-0.25, -0.2) is 0 Å². The van der Waals surface area contributed by atoms with Gasteiger partial charge in [0.05, 0.1) is 5.41 Å². The summed E-state index contributed by atoms with van der Waals surface area (Å²) in [7, 11) is 0. The molecule has 0 saturated heterocycles. The fourth-order valence-electron chi connectivity index (χ4n) is 19.0. The average molecular weight is 1260 g/mol. The molecule has 4 aliphatic carbocycles. The van der Waals surface area contributed by atoms with Crippen LogP contribution >= 0.6 is 0 Å². The van der Waals surface area contributed by atoms with Crippen molar-refractivity contribution < 1.29 is 13.3 Å². The molecule has 3 heterocycles. The zero-order chi connectivity index (χ0) is 65.3. The minimum atomic E-state index is -0.785. The van der Waals surface area contributed by atoms with E-state index in [-0.39, 0.29) is 5.41 Å². The smallest absolute Gasteiger partial charge is 0.144 e. The first-order valence-electron chi connectivity index (χ1n) is 34.5. The Labute approximate surface area is 568 Å². The topological polar surface area (TPSA) is 42.7 Å². The molecule has 0 amide bonds. The molecule has 17 aromatic rings. The van der Waals surface area contributed by atoms with Gasteiger partial charge >= 0.3 is 0 Å². The van der Waals surface area contributed by atoms with Gasteiger partial charge in [0.15, 0.2) is 0 Å². The number of benzene rings is 14. The molecule has 4 nitrogen and oxygen atoms in total. The molecule has 0 bridgehead atoms. The molecule has 464 valence electrons. The summed E-state index contributed by atoms with van der Waals surface area (Å²) < 4.78 is 21.3. The van der Waals surface area contributed by atoms with Crippen LogP contribution in [0.1, 0.15) is 97.2 Å². The van der Waals surface area contributed by atoms with E-state index in [4.69, 9.17) is 13.3 Å². The van der Waals surface area contributed by atoms with E-state index in [0.717, 1.165) is 99.7 Å². The minimum absolute atomic E-state index is 0.301. The van der Waals surface area contributed by atoms with Crippen molar-refractivity contribution in [3.8, 4) is 66.8 Å². The number of nitrogens with zero attached hydrogens (tertiary/aromatic N) is 1. The Hall–Kier alpha value is -11.7. The van der Waals surface area contributed by atoms with E-state index < -0.39 is 16.2 Å². The Kier molecular flexibility index (Phi) is 11.1. The molecule has 0 aliphatic heterocycles. The Morgan fingerprint density at radius 3 is 1.15 bits per heavy atom. The fourth-order valence-corrected chi connectivity index (χ4v) is 19.0. The van der Waals surface area contributed by atoms with Crippen molar-refractivity contribution in [1.29, 1.82) is 0 Å². The highest BCUT2D eigenvalue weighted by Gasteiger charge is 2.51. The standard InChI is InChI=1S/C94H65NO3/c1-91(2)71-49-58(43-46-62(71)79-74(91)52-68(54-27-11-7-12-28-54)88-82(79)65-36-20-24-40-76(65)96-88)95(59-44-47-63-72(50-59)93(5,6)86-81(63)84-67-38-22-26-42-78(67)98-90(84)85-61-35-19-23-39-70(61)92(3,4)87(85)86)60-45-48-64-73(51-60)94(56-31-15-9-16-32-56,57-33-17-10-18-34-57)75-53-69(55-29-13-8-14-30-55)89-83(80(64)75)66-37-21-25-41-77(66)97-89/h7-53H,1-6H3. The van der Waals surface area contributed by atoms with E-state index in [1.54, 1.807) is 0 Å². The maximum Gasteiger partial charge on any atom is 0.144 e. The SMILES string of the molecule is CC1(C)c2cc(N(c3ccc4c(c3)C(C)(C)c3c5c(c6oc7ccccc7c6c3-4)-c3ccccc3C5(C)C)c3ccc4c(c3)C(c3ccccc3)(c3ccccc3)c3cc(-c5ccccc5)c5oc6ccccc6c5c3-4)ccc2-c2c1cc(-c1ccccc1)c1oc3ccccc3c21. The van der Waals surface area contributed by atoms with E-state index in [1.165, 1.54) is 106 Å². The van der Waals surface area contributed by atoms with E-state index in [1.807, 2.05) is 0 Å². The van der Waals surface area contributed by atoms with Crippen molar-refractivity contribution in [3.05, 3.63) is 341 Å². The van der Waals surface area contributed by atoms with Gasteiger partial charge in [0.2, 0.25) is 0 Å². The minimum Gasteiger partial charge on any atom is -0.455 e. The van der Waals surface area contributed by atoms with Gasteiger partial charge in [-0.15, -0.1) is 0 Å². The molecule has 14 aromatic carbocycles. The molecular weight excluding hydrogens is 1190 g/mol. The molecule has 98 heavy (non-hydrogen) atoms. The largest absolute Gasteiger partial charge is 0.455 e. The maximum absolute atomic E-state index is 7.17. The first-order valence-corrected chi connectivity index (χ1v) is 34.5. The Balaban J connectivity index is 0.851. The number of fused-ring (bicyclic) bond motifs is 26. The number of para-hydroxylation sites is 3. The summed E-state index contributed by atoms with van der Waals surface area (Å²) in [6.07, 6.45) is 0. The van der Waals surface area contributed by atoms with E-state index >= 15 is 0 Å². The molecule has 0 N–H and O–H groups in total. The Bertz CT molecular complexity index is 6280. The van der Waals surface area contributed by atoms with Crippen molar-refractivity contribution in [3.63, 3.8) is 0 Å². The molecule has 3 aromatic heterocycles. The van der Waals surface area contributed by atoms with Gasteiger partial charge in [0, 0.05) is 82.3 Å². The van der Waals surface area contributed by atoms with Crippen molar-refractivity contribution in [1.82, 2.24) is 0 Å². The molecule has 4 heteroatoms. The molecule has 0 atom stereocenters. The van der Waals surface area contributed by atoms with Crippen LogP contribution in [0.3, 0.4) is 0 Å². The Morgan fingerprint density at radius 1 is 0.255 bits per heavy atom. The van der Waals surface area contributed by atoms with Gasteiger partial charge in [-0.2, -0.15) is 0 Å². The van der Waals surface area contributed by atoms with E-state index in [2.05, 4.69) is 332 Å². The van der Waals surface area contributed by atoms with Gasteiger partial charge in [0.25, 0.3) is 0 Å². The summed E-state index contributed by atoms with van der Waals surface area (Å²) in [6.45, 7) is 14.6. The van der Waals surface area contributed by atoms with Crippen molar-refractivity contribution in [2.75, 3.05) is 4.90 Å². The van der Waals surface area contributed by atoms with Gasteiger partial charge in [-0.3, -0.25) is 0 Å². The second kappa shape index (κ2) is 19.5. The third-order valence-electron chi connectivity index (χ3n) is 23.2. The van der Waals surface area contributed by atoms with Gasteiger partial charge < -0.3 is 18.2 Å². The first-order chi connectivity index (χ1) is 47.9. The highest BCUT2D eigenvalue weighted by Crippen LogP contribution is 2.66. The lowest BCUT2D eigenvalue weighted by Gasteiger charge is -2.35. The molecule has 0 spiro atoms. The van der Waals surface area contributed by atoms with Gasteiger partial charge in [0.1, 0.15) is 33.5 Å². The van der Waals surface area contributed by atoms with Crippen LogP contribution in [-0.4, -0.2) is 0 Å². The zero-order valence-corrected chi connectivity index (χ0v) is 55.3. The molecule has 21 rings (SSSR count). The number of rotatable bonds is 7. The third-order valence-corrected chi connectivity index (χ3v) is 23.2. The quantitative estimate of drug-likeness (QED) is 0.159. The van der Waals surface area contributed by atoms with Crippen LogP contribution in [0.2, 0.25) is 0 Å². The lowest BCUT2D eigenvalue weighted by molar-refractivity contribution is 0.600. The van der Waals surface area contributed by atoms with Gasteiger partial charge in [-0.05, 0) is 172 Å².